The van der Waals surface area contributed by atoms with Gasteiger partial charge in [0.1, 0.15) is 18.7 Å². The number of hydrogen-bond acceptors (Lipinski definition) is 10. The number of alkyl carbamates (subject to hydrolysis) is 2. The molecule has 0 aliphatic heterocycles. The van der Waals surface area contributed by atoms with E-state index < -0.39 is 36.1 Å². The average Bonchev–Trinajstić information content (AvgIpc) is 3.02. The minimum atomic E-state index is -0.903. The van der Waals surface area contributed by atoms with Crippen LogP contribution in [0, 0.1) is 11.3 Å². The van der Waals surface area contributed by atoms with Crippen LogP contribution in [0.2, 0.25) is 0 Å². The standard InChI is InChI=1S/C31H50N8O9/c1-21(2)26(38-25(40)11-15-45-17-18-46-16-14-35-39-32)28(42)36-22(3)27(41)37-24-9-7-23(8-10-24)19-47-29(43)33-12-13-34-30(44)48-20-31(4,5)6/h7-10,21-22,26H,11-20H2,1-6H3,(H,33,43)(H,34,44)(H,36,42)(H,37,41)(H,38,40)/t22-,26-/m0/s1. The van der Waals surface area contributed by atoms with E-state index in [1.165, 1.54) is 6.92 Å². The Balaban J connectivity index is 2.38. The monoisotopic (exact) mass is 678 g/mol. The molecular weight excluding hydrogens is 628 g/mol. The molecule has 0 radical (unpaired) electrons. The first-order chi connectivity index (χ1) is 22.7. The van der Waals surface area contributed by atoms with Crippen molar-refractivity contribution in [2.45, 2.75) is 66.7 Å². The normalized spacial score (nSPS) is 12.1. The predicted molar refractivity (Wildman–Crippen MR) is 177 cm³/mol. The highest BCUT2D eigenvalue weighted by Crippen LogP contribution is 2.13. The Morgan fingerprint density at radius 1 is 0.833 bits per heavy atom. The molecule has 0 aliphatic rings. The van der Waals surface area contributed by atoms with Gasteiger partial charge in [-0.3, -0.25) is 14.4 Å². The van der Waals surface area contributed by atoms with E-state index in [-0.39, 0.29) is 82.9 Å². The van der Waals surface area contributed by atoms with Crippen molar-refractivity contribution in [3.63, 3.8) is 0 Å². The first kappa shape index (κ1) is 41.4. The van der Waals surface area contributed by atoms with Crippen molar-refractivity contribution in [3.05, 3.63) is 40.3 Å². The van der Waals surface area contributed by atoms with Gasteiger partial charge in [0.15, 0.2) is 0 Å². The summed E-state index contributed by atoms with van der Waals surface area (Å²) in [6.07, 6.45) is -1.19. The second-order valence-electron chi connectivity index (χ2n) is 12.2. The molecule has 17 nitrogen and oxygen atoms in total. The van der Waals surface area contributed by atoms with Gasteiger partial charge in [-0.1, -0.05) is 51.9 Å². The maximum atomic E-state index is 12.9. The lowest BCUT2D eigenvalue weighted by molar-refractivity contribution is -0.132. The summed E-state index contributed by atoms with van der Waals surface area (Å²) >= 11 is 0. The minimum Gasteiger partial charge on any atom is -0.449 e. The number of azide groups is 1. The molecule has 48 heavy (non-hydrogen) atoms. The van der Waals surface area contributed by atoms with Crippen LogP contribution in [0.5, 0.6) is 0 Å². The molecule has 1 aromatic rings. The van der Waals surface area contributed by atoms with Gasteiger partial charge in [-0.2, -0.15) is 0 Å². The third-order valence-electron chi connectivity index (χ3n) is 6.15. The number of benzene rings is 1. The third-order valence-corrected chi connectivity index (χ3v) is 6.15. The van der Waals surface area contributed by atoms with Crippen LogP contribution in [0.4, 0.5) is 15.3 Å². The number of anilines is 1. The van der Waals surface area contributed by atoms with Gasteiger partial charge in [-0.05, 0) is 41.5 Å². The molecule has 0 fully saturated rings. The zero-order valence-electron chi connectivity index (χ0n) is 28.6. The molecule has 0 saturated heterocycles. The van der Waals surface area contributed by atoms with Gasteiger partial charge in [0.2, 0.25) is 17.7 Å². The summed E-state index contributed by atoms with van der Waals surface area (Å²) in [6, 6.07) is 4.84. The Hall–Kier alpha value is -4.60. The van der Waals surface area contributed by atoms with Crippen molar-refractivity contribution in [3.8, 4) is 0 Å². The molecule has 268 valence electrons. The maximum Gasteiger partial charge on any atom is 0.407 e. The SMILES string of the molecule is CC(C)[C@H](NC(=O)CCOCCOCCN=[N+]=[N-])C(=O)N[C@@H](C)C(=O)Nc1ccc(COC(=O)NCCNC(=O)OCC(C)(C)C)cc1. The Kier molecular flexibility index (Phi) is 19.7. The number of rotatable bonds is 21. The average molecular weight is 679 g/mol. The highest BCUT2D eigenvalue weighted by atomic mass is 16.6. The van der Waals surface area contributed by atoms with Crippen molar-refractivity contribution < 1.29 is 42.9 Å². The van der Waals surface area contributed by atoms with Gasteiger partial charge in [0.25, 0.3) is 0 Å². The van der Waals surface area contributed by atoms with Crippen LogP contribution in [-0.4, -0.2) is 94.7 Å². The molecule has 1 aromatic carbocycles. The van der Waals surface area contributed by atoms with Crippen molar-refractivity contribution in [2.75, 3.05) is 58.0 Å². The van der Waals surface area contributed by atoms with Gasteiger partial charge >= 0.3 is 12.2 Å². The molecule has 0 unspecified atom stereocenters. The van der Waals surface area contributed by atoms with E-state index in [0.717, 1.165) is 0 Å². The molecule has 5 amide bonds. The van der Waals surface area contributed by atoms with Gasteiger partial charge in [0, 0.05) is 36.7 Å². The zero-order valence-corrected chi connectivity index (χ0v) is 28.6. The summed E-state index contributed by atoms with van der Waals surface area (Å²) in [7, 11) is 0. The Morgan fingerprint density at radius 3 is 2.02 bits per heavy atom. The predicted octanol–water partition coefficient (Wildman–Crippen LogP) is 3.00. The smallest absolute Gasteiger partial charge is 0.407 e. The van der Waals surface area contributed by atoms with E-state index in [2.05, 4.69) is 36.6 Å². The fourth-order valence-corrected chi connectivity index (χ4v) is 3.58. The lowest BCUT2D eigenvalue weighted by Gasteiger charge is -2.24. The van der Waals surface area contributed by atoms with E-state index in [1.807, 2.05) is 20.8 Å². The molecular formula is C31H50N8O9. The van der Waals surface area contributed by atoms with Crippen molar-refractivity contribution in [1.29, 1.82) is 0 Å². The van der Waals surface area contributed by atoms with Crippen molar-refractivity contribution >= 4 is 35.6 Å². The third kappa shape index (κ3) is 19.8. The topological polar surface area (TPSA) is 231 Å². The highest BCUT2D eigenvalue weighted by molar-refractivity contribution is 5.98. The van der Waals surface area contributed by atoms with Gasteiger partial charge in [0.05, 0.1) is 33.0 Å². The van der Waals surface area contributed by atoms with Crippen molar-refractivity contribution in [2.24, 2.45) is 16.4 Å². The molecule has 0 spiro atoms. The van der Waals surface area contributed by atoms with Gasteiger partial charge in [-0.25, -0.2) is 9.59 Å². The van der Waals surface area contributed by atoms with Crippen LogP contribution in [0.15, 0.2) is 29.4 Å². The van der Waals surface area contributed by atoms with Crippen LogP contribution in [0.25, 0.3) is 10.4 Å². The lowest BCUT2D eigenvalue weighted by atomic mass is 9.99. The summed E-state index contributed by atoms with van der Waals surface area (Å²) in [5.41, 5.74) is 9.19. The van der Waals surface area contributed by atoms with Crippen LogP contribution in [0.3, 0.4) is 0 Å². The molecule has 5 N–H and O–H groups in total. The Labute approximate surface area is 281 Å². The van der Waals surface area contributed by atoms with E-state index in [0.29, 0.717) is 11.3 Å². The van der Waals surface area contributed by atoms with Crippen LogP contribution >= 0.6 is 0 Å². The first-order valence-electron chi connectivity index (χ1n) is 15.7. The molecule has 1 rings (SSSR count). The number of hydrogen-bond donors (Lipinski definition) is 5. The summed E-state index contributed by atoms with van der Waals surface area (Å²) in [5.74, 6) is -1.59. The minimum absolute atomic E-state index is 0.0173. The van der Waals surface area contributed by atoms with E-state index >= 15 is 0 Å². The quantitative estimate of drug-likeness (QED) is 0.0556. The molecule has 0 aromatic heterocycles. The maximum absolute atomic E-state index is 12.9. The molecule has 0 aliphatic carbocycles. The Morgan fingerprint density at radius 2 is 1.44 bits per heavy atom. The van der Waals surface area contributed by atoms with Crippen LogP contribution in [0.1, 0.15) is 53.5 Å². The summed E-state index contributed by atoms with van der Waals surface area (Å²) in [4.78, 5) is 64.2. The number of ether oxygens (including phenoxy) is 4. The lowest BCUT2D eigenvalue weighted by Crippen LogP contribution is -2.53. The van der Waals surface area contributed by atoms with Crippen LogP contribution in [-0.2, 0) is 39.9 Å². The second kappa shape index (κ2) is 22.8. The molecule has 17 heteroatoms. The number of nitrogens with zero attached hydrogens (tertiary/aromatic N) is 3. The highest BCUT2D eigenvalue weighted by Gasteiger charge is 2.27. The Bertz CT molecular complexity index is 1220. The second-order valence-corrected chi connectivity index (χ2v) is 12.2. The summed E-state index contributed by atoms with van der Waals surface area (Å²) in [6.45, 7) is 12.7. The largest absolute Gasteiger partial charge is 0.449 e. The number of amides is 5. The summed E-state index contributed by atoms with van der Waals surface area (Å²) < 4.78 is 20.8. The number of nitrogens with one attached hydrogen (secondary N) is 5. The number of carbonyl (C=O) groups excluding carboxylic acids is 5. The summed E-state index contributed by atoms with van der Waals surface area (Å²) in [5, 5.41) is 16.4. The van der Waals surface area contributed by atoms with E-state index in [4.69, 9.17) is 24.5 Å². The number of carbonyl (C=O) groups is 5. The zero-order chi connectivity index (χ0) is 36.0. The molecule has 0 saturated carbocycles. The van der Waals surface area contributed by atoms with Crippen molar-refractivity contribution in [1.82, 2.24) is 21.3 Å². The molecule has 0 bridgehead atoms. The molecule has 2 atom stereocenters. The molecule has 0 heterocycles. The van der Waals surface area contributed by atoms with Gasteiger partial charge in [-0.15, -0.1) is 0 Å². The van der Waals surface area contributed by atoms with Crippen LogP contribution < -0.4 is 26.6 Å². The first-order valence-corrected chi connectivity index (χ1v) is 15.7. The fourth-order valence-electron chi connectivity index (χ4n) is 3.58. The van der Waals surface area contributed by atoms with E-state index in [9.17, 15) is 24.0 Å². The van der Waals surface area contributed by atoms with Gasteiger partial charge < -0.3 is 45.5 Å². The fraction of sp³-hybridized carbons (Fsp3) is 0.645. The van der Waals surface area contributed by atoms with E-state index in [1.54, 1.807) is 38.1 Å².